The van der Waals surface area contributed by atoms with Crippen LogP contribution in [0, 0.1) is 0 Å². The molecular formula is C26H26N6O2. The Balaban J connectivity index is 1.33. The predicted octanol–water partition coefficient (Wildman–Crippen LogP) is 4.96. The molecule has 0 saturated carbocycles. The van der Waals surface area contributed by atoms with Crippen molar-refractivity contribution in [2.24, 2.45) is 0 Å². The molecule has 2 heterocycles. The molecule has 2 aromatic carbocycles. The summed E-state index contributed by atoms with van der Waals surface area (Å²) < 4.78 is 11.1. The second-order valence-electron chi connectivity index (χ2n) is 8.37. The van der Waals surface area contributed by atoms with Gasteiger partial charge in [0.15, 0.2) is 5.82 Å². The van der Waals surface area contributed by atoms with Crippen molar-refractivity contribution in [3.05, 3.63) is 83.3 Å². The third kappa shape index (κ3) is 4.61. The van der Waals surface area contributed by atoms with Crippen molar-refractivity contribution >= 4 is 17.4 Å². The molecule has 1 aliphatic carbocycles. The molecule has 0 fully saturated rings. The van der Waals surface area contributed by atoms with E-state index in [4.69, 9.17) is 14.1 Å². The fourth-order valence-corrected chi connectivity index (χ4v) is 3.87. The van der Waals surface area contributed by atoms with Gasteiger partial charge in [0.2, 0.25) is 5.89 Å². The largest absolute Gasteiger partial charge is 0.497 e. The first-order chi connectivity index (χ1) is 16.6. The van der Waals surface area contributed by atoms with Gasteiger partial charge in [-0.15, -0.1) is 5.10 Å². The van der Waals surface area contributed by atoms with Crippen LogP contribution >= 0.6 is 0 Å². The zero-order chi connectivity index (χ0) is 23.5. The third-order valence-electron chi connectivity index (χ3n) is 5.53. The van der Waals surface area contributed by atoms with E-state index in [1.165, 1.54) is 5.56 Å². The van der Waals surface area contributed by atoms with E-state index in [1.807, 2.05) is 36.4 Å². The fourth-order valence-electron chi connectivity index (χ4n) is 3.87. The summed E-state index contributed by atoms with van der Waals surface area (Å²) in [7, 11) is 1.65. The maximum absolute atomic E-state index is 5.88. The molecule has 0 amide bonds. The van der Waals surface area contributed by atoms with Gasteiger partial charge in [0.1, 0.15) is 11.6 Å². The van der Waals surface area contributed by atoms with Crippen LogP contribution in [0.25, 0.3) is 17.0 Å². The highest BCUT2D eigenvalue weighted by Gasteiger charge is 2.20. The third-order valence-corrected chi connectivity index (χ3v) is 5.53. The minimum atomic E-state index is 0.296. The molecule has 0 bridgehead atoms. The molecule has 0 atom stereocenters. The highest BCUT2D eigenvalue weighted by Crippen LogP contribution is 2.34. The first-order valence-corrected chi connectivity index (χ1v) is 11.2. The summed E-state index contributed by atoms with van der Waals surface area (Å²) in [6, 6.07) is 16.6. The second-order valence-corrected chi connectivity index (χ2v) is 8.37. The maximum atomic E-state index is 5.88. The lowest BCUT2D eigenvalue weighted by atomic mass is 10.0. The van der Waals surface area contributed by atoms with Crippen molar-refractivity contribution in [1.29, 1.82) is 0 Å². The second kappa shape index (κ2) is 9.35. The molecule has 0 aliphatic heterocycles. The number of methoxy groups -OCH3 is 1. The Labute approximate surface area is 198 Å². The quantitative estimate of drug-likeness (QED) is 0.386. The van der Waals surface area contributed by atoms with Crippen molar-refractivity contribution in [2.45, 2.75) is 32.9 Å². The summed E-state index contributed by atoms with van der Waals surface area (Å²) >= 11 is 0. The van der Waals surface area contributed by atoms with Crippen molar-refractivity contribution in [1.82, 2.24) is 20.2 Å². The molecule has 1 aliphatic rings. The van der Waals surface area contributed by atoms with Gasteiger partial charge in [-0.25, -0.2) is 9.97 Å². The van der Waals surface area contributed by atoms with Gasteiger partial charge in [-0.3, -0.25) is 0 Å². The molecule has 0 radical (unpaired) electrons. The molecule has 0 unspecified atom stereocenters. The number of nitrogens with one attached hydrogen (secondary N) is 2. The number of benzene rings is 2. The lowest BCUT2D eigenvalue weighted by Crippen LogP contribution is -2.12. The molecule has 0 saturated heterocycles. The van der Waals surface area contributed by atoms with Crippen LogP contribution in [0.3, 0.4) is 0 Å². The monoisotopic (exact) mass is 454 g/mol. The van der Waals surface area contributed by atoms with Crippen LogP contribution in [0.4, 0.5) is 11.8 Å². The molecule has 2 N–H and O–H groups in total. The van der Waals surface area contributed by atoms with E-state index in [2.05, 4.69) is 57.9 Å². The van der Waals surface area contributed by atoms with Gasteiger partial charge in [0.25, 0.3) is 0 Å². The number of aromatic nitrogens is 4. The number of anilines is 2. The molecule has 8 nitrogen and oxygen atoms in total. The van der Waals surface area contributed by atoms with Crippen LogP contribution in [0.15, 0.2) is 65.2 Å². The van der Waals surface area contributed by atoms with E-state index >= 15 is 0 Å². The van der Waals surface area contributed by atoms with Crippen molar-refractivity contribution < 1.29 is 9.15 Å². The van der Waals surface area contributed by atoms with Crippen molar-refractivity contribution in [2.75, 3.05) is 17.7 Å². The Morgan fingerprint density at radius 3 is 2.71 bits per heavy atom. The molecule has 0 spiro atoms. The number of allylic oxidation sites excluding steroid dienone is 1. The molecule has 4 aromatic rings. The lowest BCUT2D eigenvalue weighted by Gasteiger charge is -2.11. The van der Waals surface area contributed by atoms with Crippen LogP contribution in [-0.2, 0) is 13.0 Å². The Morgan fingerprint density at radius 1 is 1.06 bits per heavy atom. The number of hydrogen-bond donors (Lipinski definition) is 2. The molecule has 34 heavy (non-hydrogen) atoms. The molecule has 172 valence electrons. The zero-order valence-corrected chi connectivity index (χ0v) is 19.4. The van der Waals surface area contributed by atoms with E-state index < -0.39 is 0 Å². The first-order valence-electron chi connectivity index (χ1n) is 11.2. The molecular weight excluding hydrogens is 428 g/mol. The van der Waals surface area contributed by atoms with Crippen LogP contribution < -0.4 is 15.4 Å². The van der Waals surface area contributed by atoms with Crippen LogP contribution in [0.1, 0.15) is 36.4 Å². The Morgan fingerprint density at radius 2 is 1.91 bits per heavy atom. The van der Waals surface area contributed by atoms with Crippen LogP contribution in [0.2, 0.25) is 0 Å². The normalized spacial score (nSPS) is 12.4. The highest BCUT2D eigenvalue weighted by molar-refractivity contribution is 5.84. The fraction of sp³-hybridized carbons (Fsp3) is 0.231. The van der Waals surface area contributed by atoms with Gasteiger partial charge in [0.05, 0.1) is 7.11 Å². The summed E-state index contributed by atoms with van der Waals surface area (Å²) in [5, 5.41) is 14.9. The average molecular weight is 455 g/mol. The van der Waals surface area contributed by atoms with Gasteiger partial charge in [0, 0.05) is 29.9 Å². The van der Waals surface area contributed by atoms with E-state index in [0.29, 0.717) is 30.3 Å². The lowest BCUT2D eigenvalue weighted by molar-refractivity contribution is 0.414. The number of fused-ring (bicyclic) bond motifs is 1. The van der Waals surface area contributed by atoms with E-state index in [9.17, 15) is 0 Å². The molecule has 5 rings (SSSR count). The zero-order valence-electron chi connectivity index (χ0n) is 19.4. The maximum Gasteiger partial charge on any atom is 0.316 e. The molecule has 8 heteroatoms. The van der Waals surface area contributed by atoms with Gasteiger partial charge in [-0.05, 0) is 67.3 Å². The summed E-state index contributed by atoms with van der Waals surface area (Å²) in [5.74, 6) is 2.80. The predicted molar refractivity (Wildman–Crippen MR) is 132 cm³/mol. The van der Waals surface area contributed by atoms with E-state index in [1.54, 1.807) is 13.3 Å². The van der Waals surface area contributed by atoms with Crippen LogP contribution in [-0.4, -0.2) is 33.3 Å². The first kappa shape index (κ1) is 21.6. The minimum Gasteiger partial charge on any atom is -0.497 e. The number of hydrogen-bond acceptors (Lipinski definition) is 8. The van der Waals surface area contributed by atoms with Crippen LogP contribution in [0.5, 0.6) is 5.75 Å². The van der Waals surface area contributed by atoms with Gasteiger partial charge >= 0.3 is 6.01 Å². The average Bonchev–Trinajstić information content (AvgIpc) is 3.50. The number of ether oxygens (including phenoxy) is 1. The Hall–Kier alpha value is -4.20. The van der Waals surface area contributed by atoms with Crippen molar-refractivity contribution in [3.8, 4) is 17.2 Å². The van der Waals surface area contributed by atoms with Gasteiger partial charge in [-0.2, -0.15) is 0 Å². The summed E-state index contributed by atoms with van der Waals surface area (Å²) in [6.07, 6.45) is 4.79. The topological polar surface area (TPSA) is 98.0 Å². The SMILES string of the molecule is COc1ccc(CNc2nnc(-c3ccc4c(c3)C(c3nccc(NC(C)C)n3)=CC4)o2)cc1. The van der Waals surface area contributed by atoms with Gasteiger partial charge < -0.3 is 19.8 Å². The summed E-state index contributed by atoms with van der Waals surface area (Å²) in [4.78, 5) is 9.21. The Bertz CT molecular complexity index is 1330. The van der Waals surface area contributed by atoms with Crippen molar-refractivity contribution in [3.63, 3.8) is 0 Å². The highest BCUT2D eigenvalue weighted by atomic mass is 16.5. The summed E-state index contributed by atoms with van der Waals surface area (Å²) in [5.41, 5.74) is 5.27. The van der Waals surface area contributed by atoms with Gasteiger partial charge in [-0.1, -0.05) is 29.4 Å². The smallest absolute Gasteiger partial charge is 0.316 e. The number of rotatable bonds is 8. The molecule has 2 aromatic heterocycles. The summed E-state index contributed by atoms with van der Waals surface area (Å²) in [6.45, 7) is 4.74. The minimum absolute atomic E-state index is 0.296. The Kier molecular flexibility index (Phi) is 5.95. The number of nitrogens with zero attached hydrogens (tertiary/aromatic N) is 4. The van der Waals surface area contributed by atoms with E-state index in [0.717, 1.165) is 40.3 Å². The standard InChI is InChI=1S/C26H26N6O2/c1-16(2)29-23-12-13-27-24(30-23)21-11-8-18-6-7-19(14-22(18)21)25-31-32-26(34-25)28-15-17-4-9-20(33-3)10-5-17/h4-7,9-14,16H,8,15H2,1-3H3,(H,28,32)(H,27,29,30). The van der Waals surface area contributed by atoms with E-state index in [-0.39, 0.29) is 0 Å².